The molecule has 2 N–H and O–H groups in total. The van der Waals surface area contributed by atoms with Crippen LogP contribution in [0.2, 0.25) is 0 Å². The van der Waals surface area contributed by atoms with Crippen LogP contribution in [0.4, 0.5) is 0 Å². The van der Waals surface area contributed by atoms with Gasteiger partial charge in [0.05, 0.1) is 51.2 Å². The lowest BCUT2D eigenvalue weighted by Gasteiger charge is -2.46. The normalized spacial score (nSPS) is 26.3. The number of nitrogens with zero attached hydrogens (tertiary/aromatic N) is 3. The number of likely N-dealkylation sites (N-methyl/N-ethyl adjacent to an activating group) is 1. The fourth-order valence-corrected chi connectivity index (χ4v) is 4.63. The third-order valence-electron chi connectivity index (χ3n) is 6.10. The highest BCUT2D eigenvalue weighted by Crippen LogP contribution is 2.53. The van der Waals surface area contributed by atoms with Crippen LogP contribution in [0.1, 0.15) is 18.4 Å². The maximum absolute atomic E-state index is 10.1. The maximum atomic E-state index is 10.1. The van der Waals surface area contributed by atoms with E-state index in [9.17, 15) is 15.8 Å². The van der Waals surface area contributed by atoms with E-state index >= 15 is 0 Å². The largest absolute Gasteiger partial charge is 0.493 e. The van der Waals surface area contributed by atoms with Gasteiger partial charge in [0.15, 0.2) is 16.9 Å². The molecule has 3 rings (SSSR count). The van der Waals surface area contributed by atoms with Gasteiger partial charge < -0.3 is 19.8 Å². The lowest BCUT2D eigenvalue weighted by molar-refractivity contribution is -0.878. The van der Waals surface area contributed by atoms with Crippen LogP contribution in [0, 0.1) is 56.7 Å². The lowest BCUT2D eigenvalue weighted by atomic mass is 9.54. The molecule has 1 aliphatic carbocycles. The van der Waals surface area contributed by atoms with Crippen LogP contribution in [0.25, 0.3) is 0 Å². The standard InChI is InChI=1S/C24H25N5O2/c1-15(2)12-31-20-6-5-16(9-21(20)30-4)22-19-11-29(3)8-7-17(19)18(10-25)23(28)24(22,13-26)14-27/h5-7,9,18-19,22,28H,1,8,11-12H2,2-4H3/p+1/t18-,19+,22-/m1/s1. The second kappa shape index (κ2) is 8.64. The molecule has 4 atom stereocenters. The van der Waals surface area contributed by atoms with E-state index in [4.69, 9.17) is 14.9 Å². The van der Waals surface area contributed by atoms with Gasteiger partial charge in [-0.15, -0.1) is 0 Å². The van der Waals surface area contributed by atoms with Crippen molar-refractivity contribution in [2.75, 3.05) is 33.9 Å². The summed E-state index contributed by atoms with van der Waals surface area (Å²) in [4.78, 5) is 1.22. The smallest absolute Gasteiger partial charge is 0.189 e. The monoisotopic (exact) mass is 416 g/mol. The van der Waals surface area contributed by atoms with Gasteiger partial charge >= 0.3 is 0 Å². The summed E-state index contributed by atoms with van der Waals surface area (Å²) < 4.78 is 11.3. The quantitative estimate of drug-likeness (QED) is 0.712. The molecule has 0 bridgehead atoms. The first-order valence-corrected chi connectivity index (χ1v) is 10.1. The van der Waals surface area contributed by atoms with Gasteiger partial charge in [0, 0.05) is 11.8 Å². The summed E-state index contributed by atoms with van der Waals surface area (Å²) in [6.07, 6.45) is 2.00. The first kappa shape index (κ1) is 22.1. The zero-order valence-corrected chi connectivity index (χ0v) is 18.0. The van der Waals surface area contributed by atoms with Crippen LogP contribution in [0.5, 0.6) is 11.5 Å². The lowest BCUT2D eigenvalue weighted by Crippen LogP contribution is -3.10. The number of ether oxygens (including phenoxy) is 2. The zero-order chi connectivity index (χ0) is 22.8. The van der Waals surface area contributed by atoms with Crippen molar-refractivity contribution in [1.82, 2.24) is 0 Å². The van der Waals surface area contributed by atoms with E-state index in [1.807, 2.05) is 26.1 Å². The first-order valence-electron chi connectivity index (χ1n) is 10.1. The van der Waals surface area contributed by atoms with E-state index in [0.717, 1.165) is 23.3 Å². The van der Waals surface area contributed by atoms with Crippen LogP contribution < -0.4 is 14.4 Å². The summed E-state index contributed by atoms with van der Waals surface area (Å²) in [6, 6.07) is 11.8. The Morgan fingerprint density at radius 3 is 2.58 bits per heavy atom. The second-order valence-corrected chi connectivity index (χ2v) is 8.32. The van der Waals surface area contributed by atoms with Crippen molar-refractivity contribution in [2.45, 2.75) is 12.8 Å². The fraction of sp³-hybridized carbons (Fsp3) is 0.417. The number of methoxy groups -OCH3 is 1. The third-order valence-corrected chi connectivity index (χ3v) is 6.10. The maximum Gasteiger partial charge on any atom is 0.189 e. The van der Waals surface area contributed by atoms with Gasteiger partial charge in [0.25, 0.3) is 0 Å². The van der Waals surface area contributed by atoms with Crippen molar-refractivity contribution in [3.8, 4) is 29.7 Å². The molecule has 1 saturated carbocycles. The average Bonchev–Trinajstić information content (AvgIpc) is 2.77. The number of hydrogen-bond donors (Lipinski definition) is 2. The fourth-order valence-electron chi connectivity index (χ4n) is 4.63. The van der Waals surface area contributed by atoms with Gasteiger partial charge in [-0.05, 0) is 41.8 Å². The third kappa shape index (κ3) is 3.67. The van der Waals surface area contributed by atoms with Gasteiger partial charge in [-0.3, -0.25) is 0 Å². The molecule has 0 spiro atoms. The molecular weight excluding hydrogens is 390 g/mol. The molecule has 1 aromatic carbocycles. The summed E-state index contributed by atoms with van der Waals surface area (Å²) in [5, 5.41) is 38.7. The van der Waals surface area contributed by atoms with E-state index < -0.39 is 17.3 Å². The summed E-state index contributed by atoms with van der Waals surface area (Å²) in [5.41, 5.74) is 0.546. The minimum absolute atomic E-state index is 0.145. The number of hydrogen-bond acceptors (Lipinski definition) is 6. The van der Waals surface area contributed by atoms with Crippen molar-refractivity contribution >= 4 is 5.71 Å². The molecule has 2 aliphatic rings. The Bertz CT molecular complexity index is 1050. The Morgan fingerprint density at radius 2 is 2.00 bits per heavy atom. The molecule has 7 nitrogen and oxygen atoms in total. The minimum Gasteiger partial charge on any atom is -0.493 e. The van der Waals surface area contributed by atoms with Gasteiger partial charge in [-0.2, -0.15) is 15.8 Å². The van der Waals surface area contributed by atoms with Crippen molar-refractivity contribution in [3.05, 3.63) is 47.6 Å². The van der Waals surface area contributed by atoms with E-state index in [-0.39, 0.29) is 11.6 Å². The number of quaternary nitrogens is 1. The first-order chi connectivity index (χ1) is 14.8. The molecule has 1 aliphatic heterocycles. The van der Waals surface area contributed by atoms with Crippen LogP contribution in [-0.2, 0) is 0 Å². The molecule has 0 amide bonds. The molecule has 1 heterocycles. The SMILES string of the molecule is C=C(C)COc1ccc([C@@H]2[C@H]3C[NH+](C)CC=C3[C@@H](C#N)C(=N)C2(C#N)C#N)cc1OC. The van der Waals surface area contributed by atoms with Crippen molar-refractivity contribution in [1.29, 1.82) is 21.2 Å². The minimum atomic E-state index is -1.73. The Morgan fingerprint density at radius 1 is 1.29 bits per heavy atom. The van der Waals surface area contributed by atoms with Crippen LogP contribution in [0.3, 0.4) is 0 Å². The molecule has 1 unspecified atom stereocenters. The number of fused-ring (bicyclic) bond motifs is 1. The summed E-state index contributed by atoms with van der Waals surface area (Å²) in [7, 11) is 3.58. The van der Waals surface area contributed by atoms with Crippen LogP contribution in [-0.4, -0.2) is 39.6 Å². The molecule has 31 heavy (non-hydrogen) atoms. The van der Waals surface area contributed by atoms with Gasteiger partial charge in [-0.25, -0.2) is 0 Å². The molecule has 158 valence electrons. The van der Waals surface area contributed by atoms with E-state index in [1.54, 1.807) is 12.1 Å². The summed E-state index contributed by atoms with van der Waals surface area (Å²) in [5.74, 6) is -0.631. The van der Waals surface area contributed by atoms with Gasteiger partial charge in [0.2, 0.25) is 0 Å². The Labute approximate surface area is 182 Å². The molecule has 0 radical (unpaired) electrons. The molecular formula is C24H26N5O2+. The van der Waals surface area contributed by atoms with Crippen LogP contribution >= 0.6 is 0 Å². The molecule has 7 heteroatoms. The number of nitrogens with one attached hydrogen (secondary N) is 2. The van der Waals surface area contributed by atoms with E-state index in [0.29, 0.717) is 24.7 Å². The highest BCUT2D eigenvalue weighted by atomic mass is 16.5. The summed E-state index contributed by atoms with van der Waals surface area (Å²) >= 11 is 0. The average molecular weight is 417 g/mol. The highest BCUT2D eigenvalue weighted by Gasteiger charge is 2.58. The number of rotatable bonds is 5. The molecule has 0 aromatic heterocycles. The molecule has 0 saturated heterocycles. The topological polar surface area (TPSA) is 118 Å². The van der Waals surface area contributed by atoms with E-state index in [2.05, 4.69) is 24.8 Å². The molecule has 1 aromatic rings. The highest BCUT2D eigenvalue weighted by molar-refractivity contribution is 6.00. The second-order valence-electron chi connectivity index (χ2n) is 8.32. The number of nitriles is 3. The van der Waals surface area contributed by atoms with E-state index in [1.165, 1.54) is 12.0 Å². The Kier molecular flexibility index (Phi) is 6.16. The van der Waals surface area contributed by atoms with Crippen LogP contribution in [0.15, 0.2) is 42.0 Å². The Balaban J connectivity index is 2.18. The van der Waals surface area contributed by atoms with Crippen molar-refractivity contribution < 1.29 is 14.4 Å². The zero-order valence-electron chi connectivity index (χ0n) is 18.0. The predicted octanol–water partition coefficient (Wildman–Crippen LogP) is 2.01. The van der Waals surface area contributed by atoms with Gasteiger partial charge in [0.1, 0.15) is 12.5 Å². The van der Waals surface area contributed by atoms with Crippen molar-refractivity contribution in [3.63, 3.8) is 0 Å². The Hall–Kier alpha value is -3.60. The van der Waals surface area contributed by atoms with Crippen molar-refractivity contribution in [2.24, 2.45) is 17.3 Å². The van der Waals surface area contributed by atoms with Gasteiger partial charge in [-0.1, -0.05) is 12.6 Å². The number of benzene rings is 1. The predicted molar refractivity (Wildman–Crippen MR) is 115 cm³/mol. The molecule has 1 fully saturated rings. The summed E-state index contributed by atoms with van der Waals surface area (Å²) in [6.45, 7) is 7.46.